The Morgan fingerprint density at radius 2 is 0.769 bits per heavy atom. The lowest BCUT2D eigenvalue weighted by atomic mass is 9.84. The Labute approximate surface area is 672 Å². The second-order valence-corrected chi connectivity index (χ2v) is 39.3. The number of fused-ring (bicyclic) bond motifs is 7. The molecule has 5 aliphatic carbocycles. The highest BCUT2D eigenvalue weighted by molar-refractivity contribution is 8.22. The zero-order valence-electron chi connectivity index (χ0n) is 60.8. The van der Waals surface area contributed by atoms with Gasteiger partial charge in [-0.25, -0.2) is 17.6 Å². The number of Topliss-reactive ketones (excluding diaryl/α,β-unsaturated/α-hetero) is 2. The molecule has 0 radical (unpaired) electrons. The van der Waals surface area contributed by atoms with E-state index in [-0.39, 0.29) is 61.6 Å². The number of unbranched alkanes of at least 4 members (excludes halogenated alkanes) is 12. The monoisotopic (exact) mass is 1620 g/mol. The number of thioether (sulfide) groups is 4. The van der Waals surface area contributed by atoms with Crippen molar-refractivity contribution in [1.82, 2.24) is 0 Å². The Bertz CT molecular complexity index is 5120. The van der Waals surface area contributed by atoms with Crippen molar-refractivity contribution in [3.8, 4) is 24.3 Å². The third kappa shape index (κ3) is 17.5. The number of benzene rings is 2. The van der Waals surface area contributed by atoms with Crippen molar-refractivity contribution in [1.29, 1.82) is 21.0 Å². The van der Waals surface area contributed by atoms with Gasteiger partial charge in [0, 0.05) is 146 Å². The maximum Gasteiger partial charge on any atom is 0.194 e. The molecule has 0 bridgehead atoms. The summed E-state index contributed by atoms with van der Waals surface area (Å²) in [4.78, 5) is 43.3. The fourth-order valence-corrected chi connectivity index (χ4v) is 26.5. The lowest BCUT2D eigenvalue weighted by molar-refractivity contribution is 0.103. The number of hydrogen-bond acceptors (Lipinski definition) is 16. The summed E-state index contributed by atoms with van der Waals surface area (Å²) >= 11 is 17.9. The number of rotatable bonds is 34. The van der Waals surface area contributed by atoms with Gasteiger partial charge in [-0.15, -0.1) is 115 Å². The Morgan fingerprint density at radius 3 is 1.15 bits per heavy atom. The normalized spacial score (nSPS) is 15.4. The molecule has 0 amide bonds. The van der Waals surface area contributed by atoms with Crippen molar-refractivity contribution >= 4 is 167 Å². The Kier molecular flexibility index (Phi) is 27.0. The van der Waals surface area contributed by atoms with Crippen LogP contribution in [0.4, 0.5) is 17.6 Å². The van der Waals surface area contributed by atoms with Crippen LogP contribution in [0, 0.1) is 68.6 Å². The summed E-state index contributed by atoms with van der Waals surface area (Å²) in [5.74, 6) is -3.40. The molecule has 1 unspecified atom stereocenters. The van der Waals surface area contributed by atoms with E-state index in [2.05, 4.69) is 94.4 Å². The van der Waals surface area contributed by atoms with Crippen LogP contribution in [0.1, 0.15) is 244 Å². The van der Waals surface area contributed by atoms with E-state index in [0.29, 0.717) is 39.2 Å². The number of nitriles is 4. The summed E-state index contributed by atoms with van der Waals surface area (Å²) < 4.78 is 63.1. The zero-order valence-corrected chi connectivity index (χ0v) is 68.9. The van der Waals surface area contributed by atoms with E-state index in [1.165, 1.54) is 127 Å². The van der Waals surface area contributed by atoms with Crippen LogP contribution >= 0.6 is 115 Å². The van der Waals surface area contributed by atoms with Crippen molar-refractivity contribution in [2.45, 2.75) is 191 Å². The molecule has 0 fully saturated rings. The number of ketones is 2. The van der Waals surface area contributed by atoms with E-state index in [1.54, 1.807) is 23.5 Å². The van der Waals surface area contributed by atoms with Crippen LogP contribution in [0.15, 0.2) is 133 Å². The van der Waals surface area contributed by atoms with Crippen LogP contribution in [0.25, 0.3) is 40.0 Å². The predicted molar refractivity (Wildman–Crippen MR) is 452 cm³/mol. The molecule has 1 atom stereocenters. The Balaban J connectivity index is 1.01. The number of halogens is 4. The van der Waals surface area contributed by atoms with E-state index >= 15 is 17.6 Å². The average Bonchev–Trinajstić information content (AvgIpc) is 1.55. The standard InChI is InChI=1S/C88H80F4N4O2S10/c1-5-9-13-17-21-53-25-29-57(103-53)47-99-87(100-48-58-30-26-54(104-58)22-18-14-10-6-2)81-63-37-70-64(38-69(63)85-73(81)35-61(107-85)33-71-79(51(43-93)44-94)65-39-75(89)77(91)41-67(65)83(71)97)82(74-36-62(108-86(70)74)34-72-80(52(45-95)46-96)66-40-76(90)78(92)42-68(66)84(72)98)88(101-49-59-31-27-55(105-59)23-19-15-11-7-3)102-50-60-32-28-56(106-60)24-20-16-12-8-4/h25-37,39-42,69H,5-24,38,47-50H2,1-4H3/b71-33-,72-34-. The fourth-order valence-electron chi connectivity index (χ4n) is 14.7. The smallest absolute Gasteiger partial charge is 0.194 e. The van der Waals surface area contributed by atoms with E-state index in [4.69, 9.17) is 0 Å². The first-order valence-electron chi connectivity index (χ1n) is 37.3. The van der Waals surface area contributed by atoms with E-state index in [9.17, 15) is 30.6 Å². The molecule has 13 rings (SSSR count). The number of hydrogen-bond donors (Lipinski definition) is 0. The quantitative estimate of drug-likeness (QED) is 0.0166. The van der Waals surface area contributed by atoms with Crippen LogP contribution in [-0.4, -0.2) is 11.6 Å². The van der Waals surface area contributed by atoms with Crippen LogP contribution in [0.3, 0.4) is 0 Å². The summed E-state index contributed by atoms with van der Waals surface area (Å²) in [5.41, 5.74) is 6.34. The maximum atomic E-state index is 15.3. The lowest BCUT2D eigenvalue weighted by Gasteiger charge is -2.24. The molecule has 6 heterocycles. The third-order valence-corrected chi connectivity index (χ3v) is 32.8. The number of carbonyl (C=O) groups excluding carboxylic acids is 2. The van der Waals surface area contributed by atoms with Gasteiger partial charge in [0.05, 0.1) is 0 Å². The Morgan fingerprint density at radius 1 is 0.417 bits per heavy atom. The summed E-state index contributed by atoms with van der Waals surface area (Å²) in [6.45, 7) is 8.93. The molecule has 552 valence electrons. The van der Waals surface area contributed by atoms with Crippen molar-refractivity contribution < 1.29 is 27.2 Å². The second kappa shape index (κ2) is 36.9. The molecule has 20 heteroatoms. The van der Waals surface area contributed by atoms with Gasteiger partial charge in [-0.3, -0.25) is 9.59 Å². The summed E-state index contributed by atoms with van der Waals surface area (Å²) in [5, 5.41) is 41.7. The second-order valence-electron chi connectivity index (χ2n) is 27.6. The number of carbonyl (C=O) groups is 2. The van der Waals surface area contributed by atoms with Crippen molar-refractivity contribution in [2.75, 3.05) is 0 Å². The van der Waals surface area contributed by atoms with Gasteiger partial charge in [-0.1, -0.05) is 105 Å². The summed E-state index contributed by atoms with van der Waals surface area (Å²) in [7, 11) is 0. The molecule has 0 saturated carbocycles. The van der Waals surface area contributed by atoms with Gasteiger partial charge in [0.1, 0.15) is 35.4 Å². The molecule has 0 N–H and O–H groups in total. The van der Waals surface area contributed by atoms with Crippen LogP contribution < -0.4 is 0 Å². The number of aryl methyl sites for hydroxylation is 4. The van der Waals surface area contributed by atoms with Gasteiger partial charge in [-0.05, 0) is 194 Å². The largest absolute Gasteiger partial charge is 0.289 e. The third-order valence-electron chi connectivity index (χ3n) is 20.1. The SMILES string of the molecule is CCCCCCc1ccc(CSC(SCc2ccc(CCCCCC)s2)=C2C3=C(C=C4C(=C(SCc5ccc(CCCCCC)s5)SCc5ccc(CCCCCC)s5)c5cc(/C=C6\C(=O)c7cc(F)c(F)cc7C6=C(C#N)C#N)sc5C4C3)c3sc(/C=C4\C(=O)c5cc(F)c(F)cc5C4=C(C#N)C#N)cc32)s1. The van der Waals surface area contributed by atoms with Gasteiger partial charge < -0.3 is 0 Å². The van der Waals surface area contributed by atoms with Crippen LogP contribution in [0.5, 0.6) is 0 Å². The van der Waals surface area contributed by atoms with E-state index < -0.39 is 34.8 Å². The number of nitrogens with zero attached hydrogens (tertiary/aromatic N) is 4. The van der Waals surface area contributed by atoms with Crippen LogP contribution in [0.2, 0.25) is 0 Å². The van der Waals surface area contributed by atoms with Gasteiger partial charge in [-0.2, -0.15) is 21.0 Å². The highest BCUT2D eigenvalue weighted by atomic mass is 32.2. The molecule has 6 nitrogen and oxygen atoms in total. The van der Waals surface area contributed by atoms with Crippen LogP contribution in [-0.2, 0) is 48.7 Å². The first kappa shape index (κ1) is 79.1. The molecular formula is C88H80F4N4O2S10. The lowest BCUT2D eigenvalue weighted by Crippen LogP contribution is -2.05. The molecule has 6 aromatic heterocycles. The minimum absolute atomic E-state index is 0.00477. The minimum atomic E-state index is -1.21. The first-order valence-corrected chi connectivity index (χ1v) is 46.2. The topological polar surface area (TPSA) is 129 Å². The molecular weight excluding hydrogens is 1540 g/mol. The fraction of sp³-hybridized carbons (Fsp3) is 0.341. The van der Waals surface area contributed by atoms with E-state index in [1.807, 2.05) is 117 Å². The molecule has 0 aliphatic heterocycles. The maximum absolute atomic E-state index is 15.3. The summed E-state index contributed by atoms with van der Waals surface area (Å²) in [6.07, 6.45) is 29.2. The Hall–Kier alpha value is -7.02. The molecule has 5 aliphatic rings. The number of allylic oxidation sites excluding steroid dienone is 12. The van der Waals surface area contributed by atoms with Gasteiger partial charge in [0.15, 0.2) is 34.8 Å². The molecule has 8 aromatic rings. The van der Waals surface area contributed by atoms with Gasteiger partial charge in [0.25, 0.3) is 0 Å². The molecule has 0 saturated heterocycles. The summed E-state index contributed by atoms with van der Waals surface area (Å²) in [6, 6.07) is 33.7. The predicted octanol–water partition coefficient (Wildman–Crippen LogP) is 28.2. The first-order chi connectivity index (χ1) is 52.6. The zero-order chi connectivity index (χ0) is 75.5. The average molecular weight is 1620 g/mol. The molecule has 108 heavy (non-hydrogen) atoms. The number of thiophene rings is 6. The van der Waals surface area contributed by atoms with Gasteiger partial charge >= 0.3 is 0 Å². The van der Waals surface area contributed by atoms with Crippen molar-refractivity contribution in [3.63, 3.8) is 0 Å². The van der Waals surface area contributed by atoms with Gasteiger partial charge in [0.2, 0.25) is 0 Å². The minimum Gasteiger partial charge on any atom is -0.289 e. The molecule has 2 aromatic carbocycles. The molecule has 0 spiro atoms. The highest BCUT2D eigenvalue weighted by Crippen LogP contribution is 2.65. The van der Waals surface area contributed by atoms with Crippen molar-refractivity contribution in [3.05, 3.63) is 248 Å². The highest BCUT2D eigenvalue weighted by Gasteiger charge is 2.45. The van der Waals surface area contributed by atoms with E-state index in [0.717, 1.165) is 133 Å². The van der Waals surface area contributed by atoms with Crippen molar-refractivity contribution in [2.24, 2.45) is 0 Å².